The first-order valence-electron chi connectivity index (χ1n) is 11.5. The van der Waals surface area contributed by atoms with E-state index in [0.29, 0.717) is 27.6 Å². The van der Waals surface area contributed by atoms with Gasteiger partial charge in [-0.15, -0.1) is 0 Å². The van der Waals surface area contributed by atoms with Gasteiger partial charge in [-0.1, -0.05) is 12.1 Å². The zero-order chi connectivity index (χ0) is 27.9. The van der Waals surface area contributed by atoms with Gasteiger partial charge in [0, 0.05) is 40.7 Å². The number of hydrogen-bond acceptors (Lipinski definition) is 6. The van der Waals surface area contributed by atoms with Crippen LogP contribution in [0.3, 0.4) is 0 Å². The molecule has 39 heavy (non-hydrogen) atoms. The van der Waals surface area contributed by atoms with E-state index < -0.39 is 23.6 Å². The Balaban J connectivity index is 1.62. The Labute approximate surface area is 219 Å². The third-order valence-corrected chi connectivity index (χ3v) is 6.12. The van der Waals surface area contributed by atoms with Crippen LogP contribution in [-0.4, -0.2) is 26.0 Å². The summed E-state index contributed by atoms with van der Waals surface area (Å²) >= 11 is 0. The summed E-state index contributed by atoms with van der Waals surface area (Å²) in [4.78, 5) is 24.8. The highest BCUT2D eigenvalue weighted by Gasteiger charge is 2.30. The summed E-state index contributed by atoms with van der Waals surface area (Å²) in [7, 11) is 0. The van der Waals surface area contributed by atoms with Crippen molar-refractivity contribution in [2.45, 2.75) is 13.1 Å². The predicted octanol–water partition coefficient (Wildman–Crippen LogP) is 6.37. The van der Waals surface area contributed by atoms with Gasteiger partial charge in [-0.05, 0) is 66.1 Å². The fourth-order valence-electron chi connectivity index (χ4n) is 4.25. The Bertz CT molecular complexity index is 1760. The molecule has 0 aliphatic carbocycles. The topological polar surface area (TPSA) is 114 Å². The minimum atomic E-state index is -4.56. The Kier molecular flexibility index (Phi) is 6.35. The van der Waals surface area contributed by atoms with Gasteiger partial charge in [0.15, 0.2) is 0 Å². The number of phenols is 1. The third kappa shape index (κ3) is 5.06. The molecular weight excluding hydrogens is 514 g/mol. The van der Waals surface area contributed by atoms with Crippen molar-refractivity contribution in [3.05, 3.63) is 95.7 Å². The van der Waals surface area contributed by atoms with E-state index in [1.54, 1.807) is 19.1 Å². The first-order valence-corrected chi connectivity index (χ1v) is 11.5. The highest BCUT2D eigenvalue weighted by molar-refractivity contribution is 6.06. The van der Waals surface area contributed by atoms with Crippen molar-refractivity contribution >= 4 is 28.4 Å². The van der Waals surface area contributed by atoms with E-state index in [4.69, 9.17) is 5.73 Å². The number of rotatable bonds is 4. The Morgan fingerprint density at radius 2 is 1.79 bits per heavy atom. The van der Waals surface area contributed by atoms with Crippen LogP contribution < -0.4 is 11.1 Å². The van der Waals surface area contributed by atoms with Crippen LogP contribution in [0.15, 0.2) is 73.1 Å². The largest absolute Gasteiger partial charge is 0.507 e. The second-order valence-corrected chi connectivity index (χ2v) is 8.74. The molecule has 0 saturated carbocycles. The number of phenolic OH excluding ortho intramolecular Hbond substituents is 1. The fourth-order valence-corrected chi connectivity index (χ4v) is 4.25. The molecule has 0 atom stereocenters. The molecule has 0 fully saturated rings. The lowest BCUT2D eigenvalue weighted by atomic mass is 9.91. The average molecular weight is 533 g/mol. The summed E-state index contributed by atoms with van der Waals surface area (Å²) in [5.41, 5.74) is 7.20. The summed E-state index contributed by atoms with van der Waals surface area (Å²) in [6, 6.07) is 13.2. The molecule has 0 bridgehead atoms. The normalized spacial score (nSPS) is 11.5. The van der Waals surface area contributed by atoms with Crippen molar-refractivity contribution < 1.29 is 27.5 Å². The van der Waals surface area contributed by atoms with Gasteiger partial charge in [-0.25, -0.2) is 15.0 Å². The van der Waals surface area contributed by atoms with Gasteiger partial charge in [0.25, 0.3) is 5.91 Å². The molecule has 5 rings (SSSR count). The van der Waals surface area contributed by atoms with Gasteiger partial charge in [0.1, 0.15) is 5.75 Å². The minimum absolute atomic E-state index is 0.0257. The number of alkyl halides is 3. The number of nitrogen functional groups attached to an aromatic ring is 1. The van der Waals surface area contributed by atoms with Gasteiger partial charge in [-0.2, -0.15) is 17.6 Å². The van der Waals surface area contributed by atoms with E-state index in [1.165, 1.54) is 42.7 Å². The van der Waals surface area contributed by atoms with Gasteiger partial charge in [0.05, 0.1) is 16.6 Å². The molecular formula is C28H19F4N5O2. The zero-order valence-electron chi connectivity index (χ0n) is 20.2. The molecule has 0 saturated heterocycles. The summed E-state index contributed by atoms with van der Waals surface area (Å²) in [5, 5.41) is 14.4. The predicted molar refractivity (Wildman–Crippen MR) is 138 cm³/mol. The fraction of sp³-hybridized carbons (Fsp3) is 0.0714. The summed E-state index contributed by atoms with van der Waals surface area (Å²) in [6.07, 6.45) is -1.85. The average Bonchev–Trinajstić information content (AvgIpc) is 2.88. The Hall–Kier alpha value is -5.06. The molecule has 2 aromatic heterocycles. The second-order valence-electron chi connectivity index (χ2n) is 8.74. The number of halogens is 4. The summed E-state index contributed by atoms with van der Waals surface area (Å²) in [5.74, 6) is -1.71. The molecule has 2 heterocycles. The van der Waals surface area contributed by atoms with Crippen molar-refractivity contribution in [3.8, 4) is 28.0 Å². The maximum absolute atomic E-state index is 14.0. The number of aryl methyl sites for hydroxylation is 1. The number of nitrogens with two attached hydrogens (primary N) is 1. The van der Waals surface area contributed by atoms with E-state index >= 15 is 0 Å². The van der Waals surface area contributed by atoms with E-state index in [2.05, 4.69) is 20.3 Å². The quantitative estimate of drug-likeness (QED) is 0.183. The van der Waals surface area contributed by atoms with Gasteiger partial charge in [0.2, 0.25) is 11.9 Å². The highest BCUT2D eigenvalue weighted by Crippen LogP contribution is 2.44. The van der Waals surface area contributed by atoms with E-state index in [0.717, 1.165) is 18.2 Å². The van der Waals surface area contributed by atoms with Crippen molar-refractivity contribution in [2.75, 3.05) is 11.1 Å². The molecule has 3 aromatic carbocycles. The number of fused-ring (bicyclic) bond motifs is 1. The molecule has 11 heteroatoms. The lowest BCUT2D eigenvalue weighted by molar-refractivity contribution is -0.137. The molecule has 0 spiro atoms. The van der Waals surface area contributed by atoms with Crippen LogP contribution in [0.4, 0.5) is 29.2 Å². The lowest BCUT2D eigenvalue weighted by Crippen LogP contribution is -2.13. The molecule has 5 aromatic rings. The zero-order valence-corrected chi connectivity index (χ0v) is 20.2. The van der Waals surface area contributed by atoms with E-state index in [9.17, 15) is 27.5 Å². The standard InChI is InChI=1S/C28H19F4N5O2/c1-14-5-6-16(26(39)36-19-4-2-3-18(12-19)28(30,31)32)9-20(14)21-10-17-13-35-27(33)37-24(17)23(25(21)38)15-7-8-34-22(29)11-15/h2-13,38H,1H3,(H,36,39)(H2,33,35,37). The van der Waals surface area contributed by atoms with E-state index in [-0.39, 0.29) is 34.0 Å². The first-order chi connectivity index (χ1) is 18.5. The number of carbonyl (C=O) groups excluding carboxylic acids is 1. The van der Waals surface area contributed by atoms with Gasteiger partial charge in [-0.3, -0.25) is 4.79 Å². The SMILES string of the molecule is Cc1ccc(C(=O)Nc2cccc(C(F)(F)F)c2)cc1-c1cc2cnc(N)nc2c(-c2ccnc(F)c2)c1O. The minimum Gasteiger partial charge on any atom is -0.507 e. The number of aromatic nitrogens is 3. The van der Waals surface area contributed by atoms with Crippen LogP contribution in [0, 0.1) is 12.9 Å². The number of nitrogens with zero attached hydrogens (tertiary/aromatic N) is 3. The number of hydrogen-bond donors (Lipinski definition) is 3. The number of carbonyl (C=O) groups is 1. The van der Waals surface area contributed by atoms with Gasteiger partial charge < -0.3 is 16.2 Å². The molecule has 7 nitrogen and oxygen atoms in total. The number of amides is 1. The molecule has 196 valence electrons. The number of pyridine rings is 1. The molecule has 1 amide bonds. The molecule has 0 radical (unpaired) electrons. The summed E-state index contributed by atoms with van der Waals surface area (Å²) < 4.78 is 53.3. The van der Waals surface area contributed by atoms with Crippen LogP contribution in [0.25, 0.3) is 33.2 Å². The van der Waals surface area contributed by atoms with Crippen LogP contribution in [0.2, 0.25) is 0 Å². The maximum atomic E-state index is 14.0. The van der Waals surface area contributed by atoms with Crippen molar-refractivity contribution in [1.82, 2.24) is 15.0 Å². The monoisotopic (exact) mass is 533 g/mol. The van der Waals surface area contributed by atoms with Crippen LogP contribution >= 0.6 is 0 Å². The molecule has 0 aliphatic rings. The van der Waals surface area contributed by atoms with Crippen LogP contribution in [0.5, 0.6) is 5.75 Å². The maximum Gasteiger partial charge on any atom is 0.416 e. The van der Waals surface area contributed by atoms with Crippen molar-refractivity contribution in [2.24, 2.45) is 0 Å². The first kappa shape index (κ1) is 25.6. The van der Waals surface area contributed by atoms with Crippen molar-refractivity contribution in [1.29, 1.82) is 0 Å². The molecule has 0 unspecified atom stereocenters. The molecule has 0 aliphatic heterocycles. The van der Waals surface area contributed by atoms with Gasteiger partial charge >= 0.3 is 6.18 Å². The number of nitrogens with one attached hydrogen (secondary N) is 1. The number of benzene rings is 3. The number of anilines is 2. The highest BCUT2D eigenvalue weighted by atomic mass is 19.4. The third-order valence-electron chi connectivity index (χ3n) is 6.12. The Morgan fingerprint density at radius 3 is 2.54 bits per heavy atom. The smallest absolute Gasteiger partial charge is 0.416 e. The lowest BCUT2D eigenvalue weighted by Gasteiger charge is -2.16. The van der Waals surface area contributed by atoms with Crippen molar-refractivity contribution in [3.63, 3.8) is 0 Å². The van der Waals surface area contributed by atoms with Crippen LogP contribution in [0.1, 0.15) is 21.5 Å². The van der Waals surface area contributed by atoms with E-state index in [1.807, 2.05) is 0 Å². The summed E-state index contributed by atoms with van der Waals surface area (Å²) in [6.45, 7) is 1.76. The molecule has 4 N–H and O–H groups in total. The Morgan fingerprint density at radius 1 is 1.00 bits per heavy atom. The second kappa shape index (κ2) is 9.67. The number of aromatic hydroxyl groups is 1. The van der Waals surface area contributed by atoms with Crippen LogP contribution in [-0.2, 0) is 6.18 Å².